The predicted molar refractivity (Wildman–Crippen MR) is 66.7 cm³/mol. The molecule has 1 amide bonds. The lowest BCUT2D eigenvalue weighted by molar-refractivity contribution is -0.122. The second kappa shape index (κ2) is 6.25. The van der Waals surface area contributed by atoms with Gasteiger partial charge in [0.2, 0.25) is 5.91 Å². The summed E-state index contributed by atoms with van der Waals surface area (Å²) in [6.07, 6.45) is 1.67. The molecule has 1 aromatic heterocycles. The van der Waals surface area contributed by atoms with Gasteiger partial charge in [-0.25, -0.2) is 0 Å². The van der Waals surface area contributed by atoms with E-state index in [0.717, 1.165) is 21.5 Å². The Morgan fingerprint density at radius 3 is 2.93 bits per heavy atom. The first kappa shape index (κ1) is 12.7. The summed E-state index contributed by atoms with van der Waals surface area (Å²) in [4.78, 5) is 12.6. The van der Waals surface area contributed by atoms with E-state index >= 15 is 0 Å². The Morgan fingerprint density at radius 2 is 2.40 bits per heavy atom. The summed E-state index contributed by atoms with van der Waals surface area (Å²) in [7, 11) is 0. The molecule has 3 nitrogen and oxygen atoms in total. The Bertz CT molecular complexity index is 327. The first-order chi connectivity index (χ1) is 7.13. The van der Waals surface area contributed by atoms with Crippen molar-refractivity contribution in [2.45, 2.75) is 32.4 Å². The molecule has 0 radical (unpaired) electrons. The number of nitrogens with two attached hydrogens (primary N) is 1. The van der Waals surface area contributed by atoms with Gasteiger partial charge in [-0.2, -0.15) is 0 Å². The molecule has 84 valence electrons. The van der Waals surface area contributed by atoms with Crippen LogP contribution in [0.3, 0.4) is 0 Å². The summed E-state index contributed by atoms with van der Waals surface area (Å²) in [6.45, 7) is 2.58. The van der Waals surface area contributed by atoms with Gasteiger partial charge >= 0.3 is 0 Å². The minimum absolute atomic E-state index is 0.0682. The van der Waals surface area contributed by atoms with Gasteiger partial charge < -0.3 is 11.1 Å². The van der Waals surface area contributed by atoms with E-state index in [-0.39, 0.29) is 11.9 Å². The minimum atomic E-state index is -0.376. The van der Waals surface area contributed by atoms with Crippen LogP contribution in [0.5, 0.6) is 0 Å². The van der Waals surface area contributed by atoms with Gasteiger partial charge in [0, 0.05) is 4.88 Å². The minimum Gasteiger partial charge on any atom is -0.350 e. The standard InChI is InChI=1S/C10H15BrN2OS/c1-2-3-8(12)10(14)13-6-7-4-5-9(11)15-7/h4-5,8H,2-3,6,12H2,1H3,(H,13,14)/t8-/m1/s1. The van der Waals surface area contributed by atoms with Crippen LogP contribution in [0.1, 0.15) is 24.6 Å². The zero-order valence-electron chi connectivity index (χ0n) is 8.63. The second-order valence-corrected chi connectivity index (χ2v) is 5.87. The lowest BCUT2D eigenvalue weighted by atomic mass is 10.2. The number of halogens is 1. The van der Waals surface area contributed by atoms with E-state index < -0.39 is 0 Å². The third kappa shape index (κ3) is 4.32. The lowest BCUT2D eigenvalue weighted by Gasteiger charge is -2.09. The van der Waals surface area contributed by atoms with E-state index in [9.17, 15) is 4.79 Å². The van der Waals surface area contributed by atoms with Gasteiger partial charge in [0.1, 0.15) is 0 Å². The maximum Gasteiger partial charge on any atom is 0.237 e. The van der Waals surface area contributed by atoms with Crippen molar-refractivity contribution in [3.8, 4) is 0 Å². The van der Waals surface area contributed by atoms with Crippen LogP contribution in [0.25, 0.3) is 0 Å². The van der Waals surface area contributed by atoms with Crippen LogP contribution in [0.2, 0.25) is 0 Å². The number of hydrogen-bond acceptors (Lipinski definition) is 3. The van der Waals surface area contributed by atoms with Gasteiger partial charge in [-0.05, 0) is 34.5 Å². The predicted octanol–water partition coefficient (Wildman–Crippen LogP) is 2.25. The van der Waals surface area contributed by atoms with Crippen LogP contribution >= 0.6 is 27.3 Å². The van der Waals surface area contributed by atoms with E-state index in [4.69, 9.17) is 5.73 Å². The molecular weight excluding hydrogens is 276 g/mol. The molecule has 0 saturated carbocycles. The van der Waals surface area contributed by atoms with Gasteiger partial charge in [-0.3, -0.25) is 4.79 Å². The Labute approximate surface area is 102 Å². The zero-order chi connectivity index (χ0) is 11.3. The van der Waals surface area contributed by atoms with Crippen molar-refractivity contribution in [3.63, 3.8) is 0 Å². The monoisotopic (exact) mass is 290 g/mol. The fourth-order valence-electron chi connectivity index (χ4n) is 1.19. The second-order valence-electron chi connectivity index (χ2n) is 3.32. The summed E-state index contributed by atoms with van der Waals surface area (Å²) in [5.74, 6) is -0.0682. The molecule has 15 heavy (non-hydrogen) atoms. The Morgan fingerprint density at radius 1 is 1.67 bits per heavy atom. The van der Waals surface area contributed by atoms with Crippen molar-refractivity contribution in [3.05, 3.63) is 20.8 Å². The lowest BCUT2D eigenvalue weighted by Crippen LogP contribution is -2.39. The normalized spacial score (nSPS) is 12.5. The third-order valence-corrected chi connectivity index (χ3v) is 3.63. The van der Waals surface area contributed by atoms with Gasteiger partial charge in [0.25, 0.3) is 0 Å². The molecule has 0 unspecified atom stereocenters. The number of thiophene rings is 1. The van der Waals surface area contributed by atoms with Gasteiger partial charge in [-0.1, -0.05) is 13.3 Å². The zero-order valence-corrected chi connectivity index (χ0v) is 11.0. The molecule has 0 aromatic carbocycles. The molecule has 3 N–H and O–H groups in total. The first-order valence-electron chi connectivity index (χ1n) is 4.91. The molecule has 0 spiro atoms. The Hall–Kier alpha value is -0.390. The quantitative estimate of drug-likeness (QED) is 0.874. The van der Waals surface area contributed by atoms with Crippen LogP contribution in [0.15, 0.2) is 15.9 Å². The summed E-state index contributed by atoms with van der Waals surface area (Å²) < 4.78 is 1.07. The molecule has 0 aliphatic carbocycles. The molecule has 0 aliphatic rings. The van der Waals surface area contributed by atoms with Gasteiger partial charge in [-0.15, -0.1) is 11.3 Å². The van der Waals surface area contributed by atoms with Crippen molar-refractivity contribution in [1.82, 2.24) is 5.32 Å². The number of rotatable bonds is 5. The van der Waals surface area contributed by atoms with Crippen molar-refractivity contribution in [2.75, 3.05) is 0 Å². The molecule has 5 heteroatoms. The summed E-state index contributed by atoms with van der Waals surface area (Å²) in [6, 6.07) is 3.58. The molecular formula is C10H15BrN2OS. The Kier molecular flexibility index (Phi) is 5.28. The first-order valence-corrected chi connectivity index (χ1v) is 6.52. The van der Waals surface area contributed by atoms with E-state index in [1.165, 1.54) is 0 Å². The number of carbonyl (C=O) groups is 1. The number of amides is 1. The molecule has 1 rings (SSSR count). The summed E-state index contributed by atoms with van der Waals surface area (Å²) >= 11 is 4.99. The highest BCUT2D eigenvalue weighted by molar-refractivity contribution is 9.11. The smallest absolute Gasteiger partial charge is 0.237 e. The van der Waals surface area contributed by atoms with E-state index in [1.54, 1.807) is 11.3 Å². The SMILES string of the molecule is CCC[C@@H](N)C(=O)NCc1ccc(Br)s1. The molecule has 1 heterocycles. The van der Waals surface area contributed by atoms with Crippen molar-refractivity contribution >= 4 is 33.2 Å². The van der Waals surface area contributed by atoms with Crippen molar-refractivity contribution < 1.29 is 4.79 Å². The maximum atomic E-state index is 11.5. The third-order valence-electron chi connectivity index (χ3n) is 2.00. The average molecular weight is 291 g/mol. The van der Waals surface area contributed by atoms with Crippen molar-refractivity contribution in [2.24, 2.45) is 5.73 Å². The fourth-order valence-corrected chi connectivity index (χ4v) is 2.62. The number of hydrogen-bond donors (Lipinski definition) is 2. The Balaban J connectivity index is 2.34. The van der Waals surface area contributed by atoms with Crippen molar-refractivity contribution in [1.29, 1.82) is 0 Å². The van der Waals surface area contributed by atoms with E-state index in [0.29, 0.717) is 6.54 Å². The highest BCUT2D eigenvalue weighted by Crippen LogP contribution is 2.21. The number of nitrogens with one attached hydrogen (secondary N) is 1. The molecule has 1 aromatic rings. The number of carbonyl (C=O) groups excluding carboxylic acids is 1. The maximum absolute atomic E-state index is 11.5. The molecule has 1 atom stereocenters. The highest BCUT2D eigenvalue weighted by Gasteiger charge is 2.11. The molecule has 0 aliphatic heterocycles. The van der Waals surface area contributed by atoms with Crippen LogP contribution < -0.4 is 11.1 Å². The molecule has 0 bridgehead atoms. The highest BCUT2D eigenvalue weighted by atomic mass is 79.9. The average Bonchev–Trinajstić information content (AvgIpc) is 2.61. The van der Waals surface area contributed by atoms with Gasteiger partial charge in [0.05, 0.1) is 16.4 Å². The van der Waals surface area contributed by atoms with Crippen LogP contribution in [0.4, 0.5) is 0 Å². The van der Waals surface area contributed by atoms with Crippen LogP contribution in [-0.2, 0) is 11.3 Å². The fraction of sp³-hybridized carbons (Fsp3) is 0.500. The topological polar surface area (TPSA) is 55.1 Å². The molecule has 0 saturated heterocycles. The summed E-state index contributed by atoms with van der Waals surface area (Å²) in [5, 5.41) is 2.82. The molecule has 0 fully saturated rings. The van der Waals surface area contributed by atoms with Gasteiger partial charge in [0.15, 0.2) is 0 Å². The summed E-state index contributed by atoms with van der Waals surface area (Å²) in [5.41, 5.74) is 5.68. The van der Waals surface area contributed by atoms with E-state index in [2.05, 4.69) is 21.2 Å². The van der Waals surface area contributed by atoms with Crippen LogP contribution in [-0.4, -0.2) is 11.9 Å². The van der Waals surface area contributed by atoms with E-state index in [1.807, 2.05) is 19.1 Å². The van der Waals surface area contributed by atoms with Crippen LogP contribution in [0, 0.1) is 0 Å². The largest absolute Gasteiger partial charge is 0.350 e.